The zero-order valence-corrected chi connectivity index (χ0v) is 15.5. The molecule has 1 N–H and O–H groups in total. The molecule has 3 nitrogen and oxygen atoms in total. The van der Waals surface area contributed by atoms with Crippen molar-refractivity contribution in [1.82, 2.24) is 0 Å². The van der Waals surface area contributed by atoms with Gasteiger partial charge in [-0.1, -0.05) is 40.9 Å². The van der Waals surface area contributed by atoms with Crippen LogP contribution >= 0.6 is 23.2 Å². The summed E-state index contributed by atoms with van der Waals surface area (Å²) in [5, 5.41) is 11.2. The van der Waals surface area contributed by atoms with Gasteiger partial charge in [0.05, 0.1) is 0 Å². The van der Waals surface area contributed by atoms with Crippen LogP contribution in [0.2, 0.25) is 10.0 Å². The molecule has 0 unspecified atom stereocenters. The second kappa shape index (κ2) is 6.58. The maximum Gasteiger partial charge on any atom is 0.348 e. The largest absolute Gasteiger partial charge is 0.505 e. The Morgan fingerprint density at radius 3 is 2.04 bits per heavy atom. The zero-order valence-electron chi connectivity index (χ0n) is 14.0. The number of hydrogen-bond acceptors (Lipinski definition) is 3. The van der Waals surface area contributed by atoms with E-state index in [1.54, 1.807) is 24.3 Å². The lowest BCUT2D eigenvalue weighted by atomic mass is 9.94. The first-order valence-corrected chi connectivity index (χ1v) is 8.45. The van der Waals surface area contributed by atoms with Gasteiger partial charge in [-0.3, -0.25) is 0 Å². The predicted octanol–water partition coefficient (Wildman–Crippen LogP) is 5.91. The molecule has 0 aliphatic carbocycles. The van der Waals surface area contributed by atoms with Crippen molar-refractivity contribution in [2.24, 2.45) is 0 Å². The van der Waals surface area contributed by atoms with Gasteiger partial charge in [0.2, 0.25) is 0 Å². The van der Waals surface area contributed by atoms with Crippen molar-refractivity contribution in [3.63, 3.8) is 0 Å². The van der Waals surface area contributed by atoms with Crippen molar-refractivity contribution in [2.45, 2.75) is 20.8 Å². The molecule has 0 radical (unpaired) electrons. The molecule has 0 fully saturated rings. The Hall–Kier alpha value is -2.23. The minimum atomic E-state index is -0.637. The molecule has 0 aliphatic rings. The number of benzene rings is 2. The first-order valence-electron chi connectivity index (χ1n) is 7.69. The normalized spacial score (nSPS) is 10.9. The highest BCUT2D eigenvalue weighted by Gasteiger charge is 2.23. The van der Waals surface area contributed by atoms with Crippen LogP contribution in [0.5, 0.6) is 5.75 Å². The lowest BCUT2D eigenvalue weighted by Gasteiger charge is -2.14. The van der Waals surface area contributed by atoms with E-state index in [4.69, 9.17) is 27.6 Å². The summed E-state index contributed by atoms with van der Waals surface area (Å²) >= 11 is 12.2. The first-order chi connectivity index (χ1) is 11.8. The highest BCUT2D eigenvalue weighted by Crippen LogP contribution is 2.41. The summed E-state index contributed by atoms with van der Waals surface area (Å²) in [4.78, 5) is 12.6. The number of halogens is 2. The van der Waals surface area contributed by atoms with Crippen molar-refractivity contribution in [3.8, 4) is 28.2 Å². The fourth-order valence-electron chi connectivity index (χ4n) is 3.08. The maximum absolute atomic E-state index is 12.6. The van der Waals surface area contributed by atoms with E-state index in [9.17, 15) is 9.90 Å². The van der Waals surface area contributed by atoms with Gasteiger partial charge in [-0.25, -0.2) is 4.79 Å². The average molecular weight is 375 g/mol. The molecule has 0 aliphatic heterocycles. The molecule has 0 saturated heterocycles. The van der Waals surface area contributed by atoms with Gasteiger partial charge < -0.3 is 9.52 Å². The van der Waals surface area contributed by atoms with Gasteiger partial charge in [-0.2, -0.15) is 0 Å². The van der Waals surface area contributed by atoms with E-state index in [1.807, 2.05) is 32.9 Å². The van der Waals surface area contributed by atoms with Crippen molar-refractivity contribution in [3.05, 3.63) is 73.6 Å². The Labute approximate surface area is 155 Å². The predicted molar refractivity (Wildman–Crippen MR) is 102 cm³/mol. The number of aryl methyl sites for hydroxylation is 3. The van der Waals surface area contributed by atoms with Crippen LogP contribution in [0.3, 0.4) is 0 Å². The fraction of sp³-hybridized carbons (Fsp3) is 0.150. The molecule has 25 heavy (non-hydrogen) atoms. The summed E-state index contributed by atoms with van der Waals surface area (Å²) in [6.45, 7) is 5.74. The van der Waals surface area contributed by atoms with E-state index in [2.05, 4.69) is 0 Å². The Morgan fingerprint density at radius 1 is 0.920 bits per heavy atom. The second-order valence-electron chi connectivity index (χ2n) is 6.04. The highest BCUT2D eigenvalue weighted by molar-refractivity contribution is 6.35. The third-order valence-corrected chi connectivity index (χ3v) is 4.68. The van der Waals surface area contributed by atoms with Crippen molar-refractivity contribution < 1.29 is 9.52 Å². The molecule has 3 rings (SSSR count). The van der Waals surface area contributed by atoms with Gasteiger partial charge in [0.25, 0.3) is 0 Å². The molecular formula is C20H16Cl2O3. The SMILES string of the molecule is Cc1cc(C)c(-c2c(O)c(Cl)c(-c3ccc(Cl)cc3)oc2=O)c(C)c1. The number of hydrogen-bond donors (Lipinski definition) is 1. The summed E-state index contributed by atoms with van der Waals surface area (Å²) in [5.41, 5.74) is 3.46. The summed E-state index contributed by atoms with van der Waals surface area (Å²) < 4.78 is 5.45. The quantitative estimate of drug-likeness (QED) is 0.606. The lowest BCUT2D eigenvalue weighted by molar-refractivity contribution is 0.456. The first kappa shape index (κ1) is 17.6. The summed E-state index contributed by atoms with van der Waals surface area (Å²) in [6, 6.07) is 10.6. The molecule has 1 aromatic heterocycles. The van der Waals surface area contributed by atoms with Gasteiger partial charge >= 0.3 is 5.63 Å². The topological polar surface area (TPSA) is 50.4 Å². The number of rotatable bonds is 2. The van der Waals surface area contributed by atoms with E-state index in [1.165, 1.54) is 0 Å². The zero-order chi connectivity index (χ0) is 18.3. The molecule has 0 spiro atoms. The average Bonchev–Trinajstić information content (AvgIpc) is 2.54. The van der Waals surface area contributed by atoms with Gasteiger partial charge in [0.1, 0.15) is 10.6 Å². The monoisotopic (exact) mass is 374 g/mol. The standard InChI is InChI=1S/C20H16Cl2O3/c1-10-8-11(2)15(12(3)9-10)16-18(23)17(22)19(25-20(16)24)13-4-6-14(21)7-5-13/h4-9,23H,1-3H3. The molecule has 3 aromatic rings. The third-order valence-electron chi connectivity index (χ3n) is 4.08. The maximum atomic E-state index is 12.6. The van der Waals surface area contributed by atoms with Crippen LogP contribution in [0, 0.1) is 20.8 Å². The van der Waals surface area contributed by atoms with E-state index < -0.39 is 5.63 Å². The van der Waals surface area contributed by atoms with Crippen LogP contribution in [0.15, 0.2) is 45.6 Å². The van der Waals surface area contributed by atoms with Crippen molar-refractivity contribution in [2.75, 3.05) is 0 Å². The second-order valence-corrected chi connectivity index (χ2v) is 6.85. The molecule has 5 heteroatoms. The van der Waals surface area contributed by atoms with E-state index in [-0.39, 0.29) is 22.1 Å². The van der Waals surface area contributed by atoms with Crippen molar-refractivity contribution in [1.29, 1.82) is 0 Å². The van der Waals surface area contributed by atoms with Crippen molar-refractivity contribution >= 4 is 23.2 Å². The van der Waals surface area contributed by atoms with Gasteiger partial charge in [0, 0.05) is 10.6 Å². The van der Waals surface area contributed by atoms with E-state index in [0.717, 1.165) is 16.7 Å². The van der Waals surface area contributed by atoms with Crippen LogP contribution in [0.25, 0.3) is 22.5 Å². The Bertz CT molecular complexity index is 995. The van der Waals surface area contributed by atoms with Gasteiger partial charge in [0.15, 0.2) is 11.5 Å². The highest BCUT2D eigenvalue weighted by atomic mass is 35.5. The molecular weight excluding hydrogens is 359 g/mol. The van der Waals surface area contributed by atoms with Crippen LogP contribution in [0.1, 0.15) is 16.7 Å². The van der Waals surface area contributed by atoms with Crippen LogP contribution < -0.4 is 5.63 Å². The summed E-state index contributed by atoms with van der Waals surface area (Å²) in [6.07, 6.45) is 0. The van der Waals surface area contributed by atoms with Crippen LogP contribution in [0.4, 0.5) is 0 Å². The molecule has 128 valence electrons. The summed E-state index contributed by atoms with van der Waals surface area (Å²) in [7, 11) is 0. The van der Waals surface area contributed by atoms with Crippen LogP contribution in [-0.4, -0.2) is 5.11 Å². The summed E-state index contributed by atoms with van der Waals surface area (Å²) in [5.74, 6) is -0.162. The van der Waals surface area contributed by atoms with E-state index >= 15 is 0 Å². The fourth-order valence-corrected chi connectivity index (χ4v) is 3.45. The Balaban J connectivity index is 2.27. The molecule has 0 saturated carbocycles. The number of aromatic hydroxyl groups is 1. The smallest absolute Gasteiger partial charge is 0.348 e. The molecule has 0 atom stereocenters. The molecule has 0 amide bonds. The third kappa shape index (κ3) is 3.17. The Kier molecular flexibility index (Phi) is 4.63. The lowest BCUT2D eigenvalue weighted by Crippen LogP contribution is -2.07. The van der Waals surface area contributed by atoms with Crippen LogP contribution in [-0.2, 0) is 0 Å². The van der Waals surface area contributed by atoms with E-state index in [0.29, 0.717) is 16.1 Å². The van der Waals surface area contributed by atoms with Gasteiger partial charge in [-0.05, 0) is 61.7 Å². The van der Waals surface area contributed by atoms with Gasteiger partial charge in [-0.15, -0.1) is 0 Å². The molecule has 0 bridgehead atoms. The minimum Gasteiger partial charge on any atom is -0.505 e. The molecule has 1 heterocycles. The molecule has 2 aromatic carbocycles. The minimum absolute atomic E-state index is 0.00343. The Morgan fingerprint density at radius 2 is 1.48 bits per heavy atom.